The summed E-state index contributed by atoms with van der Waals surface area (Å²) in [5.74, 6) is -0.326. The molecule has 4 rings (SSSR count). The Morgan fingerprint density at radius 2 is 1.20 bits per heavy atom. The van der Waals surface area contributed by atoms with Crippen LogP contribution in [0.3, 0.4) is 0 Å². The number of benzene rings is 2. The van der Waals surface area contributed by atoms with Gasteiger partial charge in [-0.05, 0) is 77.1 Å². The zero-order chi connectivity index (χ0) is 29.4. The first-order valence-electron chi connectivity index (χ1n) is 12.3. The minimum atomic E-state index is -0.422. The Morgan fingerprint density at radius 1 is 0.725 bits per heavy atom. The first kappa shape index (κ1) is 29.2. The number of hydrogen-bond donors (Lipinski definition) is 1. The maximum atomic E-state index is 13.9. The lowest BCUT2D eigenvalue weighted by molar-refractivity contribution is 0.495. The highest BCUT2D eigenvalue weighted by Crippen LogP contribution is 2.38. The number of rotatable bonds is 5. The molecule has 0 amide bonds. The van der Waals surface area contributed by atoms with Gasteiger partial charge in [0.1, 0.15) is 35.2 Å². The van der Waals surface area contributed by atoms with Gasteiger partial charge in [0.05, 0.1) is 0 Å². The molecule has 0 saturated carbocycles. The average molecular weight is 537 g/mol. The zero-order valence-corrected chi connectivity index (χ0v) is 22.4. The lowest BCUT2D eigenvalue weighted by Crippen LogP contribution is -2.01. The smallest absolute Gasteiger partial charge is 0.292 e. The molecule has 0 atom stereocenters. The second-order valence-corrected chi connectivity index (χ2v) is 9.41. The summed E-state index contributed by atoms with van der Waals surface area (Å²) in [6, 6.07) is 15.9. The molecule has 9 heteroatoms. The maximum Gasteiger partial charge on any atom is 0.292 e. The van der Waals surface area contributed by atoms with Crippen LogP contribution in [0.5, 0.6) is 5.75 Å². The van der Waals surface area contributed by atoms with Crippen molar-refractivity contribution in [2.45, 2.75) is 39.5 Å². The van der Waals surface area contributed by atoms with Gasteiger partial charge in [-0.25, -0.2) is 18.7 Å². The number of anilines is 1. The number of nitrogens with zero attached hydrogens (tertiary/aromatic N) is 5. The van der Waals surface area contributed by atoms with E-state index in [9.17, 15) is 8.78 Å². The fourth-order valence-corrected chi connectivity index (χ4v) is 4.09. The molecular weight excluding hydrogens is 510 g/mol. The molecule has 2 aromatic carbocycles. The predicted molar refractivity (Wildman–Crippen MR) is 148 cm³/mol. The summed E-state index contributed by atoms with van der Waals surface area (Å²) in [5, 5.41) is 26.6. The van der Waals surface area contributed by atoms with Gasteiger partial charge >= 0.3 is 0 Å². The van der Waals surface area contributed by atoms with E-state index < -0.39 is 5.82 Å². The predicted octanol–water partition coefficient (Wildman–Crippen LogP) is 7.21. The van der Waals surface area contributed by atoms with E-state index in [0.717, 1.165) is 5.56 Å². The normalized spacial score (nSPS) is 10.2. The molecule has 0 bridgehead atoms. The van der Waals surface area contributed by atoms with Crippen LogP contribution in [0.15, 0.2) is 60.9 Å². The standard InChI is InChI=1S/C16H12FN3O.C15H14FN3/c1-10(2)14-6-12(17)7-15(16(14)21-9-19)11-3-4-20-13(5-11)8-18;1-9(2)13-6-11(16)7-14(15(13)18)10-3-4-19-12(5-10)8-17/h3-7,10H,1-2H3;3-7,9H,18H2,1-2H3. The zero-order valence-electron chi connectivity index (χ0n) is 22.4. The fourth-order valence-electron chi connectivity index (χ4n) is 4.09. The molecule has 0 radical (unpaired) electrons. The van der Waals surface area contributed by atoms with Crippen molar-refractivity contribution in [3.8, 4) is 46.4 Å². The summed E-state index contributed by atoms with van der Waals surface area (Å²) in [6.45, 7) is 7.69. The number of halogens is 2. The van der Waals surface area contributed by atoms with Crippen LogP contribution in [0.2, 0.25) is 0 Å². The molecule has 2 aromatic heterocycles. The van der Waals surface area contributed by atoms with Crippen LogP contribution >= 0.6 is 0 Å². The van der Waals surface area contributed by atoms with Crippen molar-refractivity contribution >= 4 is 5.69 Å². The number of nitrogens with two attached hydrogens (primary N) is 1. The number of nitriles is 3. The second-order valence-electron chi connectivity index (χ2n) is 9.41. The van der Waals surface area contributed by atoms with Gasteiger partial charge in [0.25, 0.3) is 6.26 Å². The lowest BCUT2D eigenvalue weighted by atomic mass is 9.94. The van der Waals surface area contributed by atoms with Crippen molar-refractivity contribution in [2.75, 3.05) is 5.73 Å². The van der Waals surface area contributed by atoms with Crippen LogP contribution in [-0.2, 0) is 0 Å². The van der Waals surface area contributed by atoms with E-state index in [1.54, 1.807) is 24.5 Å². The van der Waals surface area contributed by atoms with Gasteiger partial charge < -0.3 is 10.5 Å². The van der Waals surface area contributed by atoms with Crippen molar-refractivity contribution in [1.82, 2.24) is 9.97 Å². The minimum Gasteiger partial charge on any atom is -0.398 e. The molecule has 2 N–H and O–H groups in total. The number of nitrogen functional groups attached to an aromatic ring is 1. The Hall–Kier alpha value is -5.33. The Labute approximate surface area is 231 Å². The van der Waals surface area contributed by atoms with E-state index in [0.29, 0.717) is 39.3 Å². The van der Waals surface area contributed by atoms with Gasteiger partial charge in [-0.3, -0.25) is 0 Å². The topological polar surface area (TPSA) is 132 Å². The molecule has 0 spiro atoms. The molecule has 0 aliphatic heterocycles. The van der Waals surface area contributed by atoms with Gasteiger partial charge in [0.2, 0.25) is 0 Å². The first-order valence-corrected chi connectivity index (χ1v) is 12.3. The van der Waals surface area contributed by atoms with Gasteiger partial charge in [0.15, 0.2) is 5.75 Å². The molecule has 2 heterocycles. The van der Waals surface area contributed by atoms with Gasteiger partial charge in [-0.1, -0.05) is 27.7 Å². The summed E-state index contributed by atoms with van der Waals surface area (Å²) in [5.41, 5.74) is 10.8. The van der Waals surface area contributed by atoms with Crippen molar-refractivity contribution in [3.63, 3.8) is 0 Å². The van der Waals surface area contributed by atoms with E-state index in [1.807, 2.05) is 39.8 Å². The van der Waals surface area contributed by atoms with E-state index in [2.05, 4.69) is 9.97 Å². The third kappa shape index (κ3) is 6.75. The first-order chi connectivity index (χ1) is 19.1. The summed E-state index contributed by atoms with van der Waals surface area (Å²) >= 11 is 0. The third-order valence-corrected chi connectivity index (χ3v) is 6.02. The summed E-state index contributed by atoms with van der Waals surface area (Å²) in [4.78, 5) is 7.78. The van der Waals surface area contributed by atoms with E-state index in [-0.39, 0.29) is 29.0 Å². The van der Waals surface area contributed by atoms with Crippen molar-refractivity contribution < 1.29 is 13.5 Å². The molecule has 200 valence electrons. The molecule has 0 fully saturated rings. The molecule has 40 heavy (non-hydrogen) atoms. The Morgan fingerprint density at radius 3 is 1.68 bits per heavy atom. The molecule has 0 saturated heterocycles. The maximum absolute atomic E-state index is 13.9. The molecule has 0 aliphatic carbocycles. The molecule has 0 aliphatic rings. The van der Waals surface area contributed by atoms with Crippen molar-refractivity contribution in [2.24, 2.45) is 0 Å². The second kappa shape index (κ2) is 13.0. The number of aromatic nitrogens is 2. The van der Waals surface area contributed by atoms with E-state index in [4.69, 9.17) is 26.3 Å². The lowest BCUT2D eigenvalue weighted by Gasteiger charge is -2.15. The van der Waals surface area contributed by atoms with Crippen LogP contribution in [-0.4, -0.2) is 9.97 Å². The van der Waals surface area contributed by atoms with Gasteiger partial charge in [-0.15, -0.1) is 5.26 Å². The highest BCUT2D eigenvalue weighted by Gasteiger charge is 2.18. The van der Waals surface area contributed by atoms with Crippen LogP contribution in [0.4, 0.5) is 14.5 Å². The Kier molecular flexibility index (Phi) is 9.47. The number of hydrogen-bond acceptors (Lipinski definition) is 7. The Bertz CT molecular complexity index is 1660. The van der Waals surface area contributed by atoms with Crippen LogP contribution in [0, 0.1) is 45.8 Å². The minimum absolute atomic E-state index is 0.0138. The number of ether oxygens (including phenoxy) is 1. The van der Waals surface area contributed by atoms with Gasteiger partial charge in [-0.2, -0.15) is 10.5 Å². The fraction of sp³-hybridized carbons (Fsp3) is 0.194. The molecule has 0 unspecified atom stereocenters. The van der Waals surface area contributed by atoms with Gasteiger partial charge in [0, 0.05) is 34.8 Å². The quantitative estimate of drug-likeness (QED) is 0.210. The SMILES string of the molecule is CC(C)c1cc(F)cc(-c2ccnc(C#N)c2)c1N.CC(C)c1cc(F)cc(-c2ccnc(C#N)c2)c1OC#N. The van der Waals surface area contributed by atoms with E-state index in [1.165, 1.54) is 42.7 Å². The summed E-state index contributed by atoms with van der Waals surface area (Å²) < 4.78 is 32.6. The number of pyridine rings is 2. The van der Waals surface area contributed by atoms with Crippen molar-refractivity contribution in [1.29, 1.82) is 15.8 Å². The monoisotopic (exact) mass is 536 g/mol. The van der Waals surface area contributed by atoms with Crippen LogP contribution in [0.1, 0.15) is 62.0 Å². The molecule has 4 aromatic rings. The largest absolute Gasteiger partial charge is 0.398 e. The van der Waals surface area contributed by atoms with Crippen molar-refractivity contribution in [3.05, 3.63) is 95.1 Å². The third-order valence-electron chi connectivity index (χ3n) is 6.02. The van der Waals surface area contributed by atoms with E-state index >= 15 is 0 Å². The highest BCUT2D eigenvalue weighted by atomic mass is 19.1. The Balaban J connectivity index is 0.000000222. The summed E-state index contributed by atoms with van der Waals surface area (Å²) in [6.07, 6.45) is 4.62. The summed E-state index contributed by atoms with van der Waals surface area (Å²) in [7, 11) is 0. The van der Waals surface area contributed by atoms with Crippen LogP contribution < -0.4 is 10.5 Å². The molecular formula is C31H26F2N6O. The highest BCUT2D eigenvalue weighted by molar-refractivity contribution is 5.79. The average Bonchev–Trinajstić information content (AvgIpc) is 2.95. The molecule has 7 nitrogen and oxygen atoms in total. The van der Waals surface area contributed by atoms with Crippen LogP contribution in [0.25, 0.3) is 22.3 Å².